The molecule has 0 atom stereocenters. The number of hydrogen-bond acceptors (Lipinski definition) is 4. The Morgan fingerprint density at radius 2 is 1.87 bits per heavy atom. The van der Waals surface area contributed by atoms with Crippen LogP contribution in [0.25, 0.3) is 5.57 Å². The van der Waals surface area contributed by atoms with Gasteiger partial charge in [0.15, 0.2) is 0 Å². The van der Waals surface area contributed by atoms with Crippen LogP contribution in [-0.4, -0.2) is 30.3 Å². The van der Waals surface area contributed by atoms with E-state index in [-0.39, 0.29) is 18.4 Å². The number of carbonyl (C=O) groups is 2. The van der Waals surface area contributed by atoms with Crippen LogP contribution in [0, 0.1) is 0 Å². The molecule has 0 spiro atoms. The van der Waals surface area contributed by atoms with Crippen molar-refractivity contribution in [2.45, 2.75) is 0 Å². The van der Waals surface area contributed by atoms with Crippen molar-refractivity contribution < 1.29 is 9.59 Å². The van der Waals surface area contributed by atoms with Crippen molar-refractivity contribution in [1.82, 2.24) is 4.90 Å². The summed E-state index contributed by atoms with van der Waals surface area (Å²) < 4.78 is 0. The van der Waals surface area contributed by atoms with Crippen LogP contribution in [0.2, 0.25) is 0 Å². The fourth-order valence-electron chi connectivity index (χ4n) is 2.59. The molecule has 2 aromatic rings. The van der Waals surface area contributed by atoms with Gasteiger partial charge in [0, 0.05) is 24.2 Å². The van der Waals surface area contributed by atoms with E-state index in [2.05, 4.69) is 6.58 Å². The van der Waals surface area contributed by atoms with Gasteiger partial charge in [0.25, 0.3) is 11.8 Å². The second-order valence-corrected chi connectivity index (χ2v) is 6.05. The summed E-state index contributed by atoms with van der Waals surface area (Å²) in [6, 6.07) is 13.3. The number of likely N-dealkylation sites (N-methyl/N-ethyl adjacent to an activating group) is 1. The highest BCUT2D eigenvalue weighted by Gasteiger charge is 2.40. The van der Waals surface area contributed by atoms with Gasteiger partial charge >= 0.3 is 0 Å². The van der Waals surface area contributed by atoms with Gasteiger partial charge in [-0.2, -0.15) is 0 Å². The molecule has 0 saturated carbocycles. The Morgan fingerprint density at radius 1 is 1.13 bits per heavy atom. The molecule has 5 heteroatoms. The van der Waals surface area contributed by atoms with Gasteiger partial charge in [-0.1, -0.05) is 30.3 Å². The first-order valence-corrected chi connectivity index (χ1v) is 8.07. The SMILES string of the molecule is C=CCN1C(=O)C(c2cccs2)=C(N(C)c2ccccc2)C1=O. The van der Waals surface area contributed by atoms with Crippen molar-refractivity contribution in [2.24, 2.45) is 0 Å². The monoisotopic (exact) mass is 324 g/mol. The number of rotatable bonds is 5. The molecule has 0 saturated heterocycles. The Hall–Kier alpha value is -2.66. The lowest BCUT2D eigenvalue weighted by atomic mass is 10.1. The zero-order valence-electron chi connectivity index (χ0n) is 12.7. The normalized spacial score (nSPS) is 14.6. The molecule has 0 radical (unpaired) electrons. The summed E-state index contributed by atoms with van der Waals surface area (Å²) >= 11 is 1.45. The Kier molecular flexibility index (Phi) is 4.12. The molecule has 1 aromatic carbocycles. The number of benzene rings is 1. The molecule has 3 rings (SSSR count). The molecule has 0 bridgehead atoms. The van der Waals surface area contributed by atoms with E-state index in [1.165, 1.54) is 16.2 Å². The molecular weight excluding hydrogens is 308 g/mol. The summed E-state index contributed by atoms with van der Waals surface area (Å²) in [7, 11) is 1.81. The van der Waals surface area contributed by atoms with Crippen LogP contribution in [0.4, 0.5) is 5.69 Å². The maximum Gasteiger partial charge on any atom is 0.278 e. The van der Waals surface area contributed by atoms with Crippen LogP contribution in [0.15, 0.2) is 66.2 Å². The molecule has 23 heavy (non-hydrogen) atoms. The summed E-state index contributed by atoms with van der Waals surface area (Å²) in [6.45, 7) is 3.84. The molecule has 1 aliphatic heterocycles. The molecule has 2 amide bonds. The summed E-state index contributed by atoms with van der Waals surface area (Å²) in [5, 5.41) is 1.90. The average molecular weight is 324 g/mol. The van der Waals surface area contributed by atoms with E-state index in [0.717, 1.165) is 10.6 Å². The van der Waals surface area contributed by atoms with Gasteiger partial charge in [-0.25, -0.2) is 0 Å². The second-order valence-electron chi connectivity index (χ2n) is 5.11. The van der Waals surface area contributed by atoms with E-state index in [9.17, 15) is 9.59 Å². The van der Waals surface area contributed by atoms with Crippen LogP contribution in [-0.2, 0) is 9.59 Å². The lowest BCUT2D eigenvalue weighted by Gasteiger charge is -2.21. The van der Waals surface area contributed by atoms with Crippen LogP contribution in [0.1, 0.15) is 4.88 Å². The number of para-hydroxylation sites is 1. The van der Waals surface area contributed by atoms with Crippen LogP contribution < -0.4 is 4.90 Å². The van der Waals surface area contributed by atoms with E-state index in [1.54, 1.807) is 18.0 Å². The Labute approximate surface area is 139 Å². The number of amides is 2. The minimum absolute atomic E-state index is 0.207. The molecule has 0 aliphatic carbocycles. The van der Waals surface area contributed by atoms with Crippen LogP contribution in [0.3, 0.4) is 0 Å². The lowest BCUT2D eigenvalue weighted by Crippen LogP contribution is -2.34. The molecular formula is C18H16N2O2S. The number of carbonyl (C=O) groups excluding carboxylic acids is 2. The number of nitrogens with zero attached hydrogens (tertiary/aromatic N) is 2. The molecule has 4 nitrogen and oxygen atoms in total. The summed E-state index contributed by atoms with van der Waals surface area (Å²) in [4.78, 5) is 29.3. The van der Waals surface area contributed by atoms with E-state index in [0.29, 0.717) is 11.3 Å². The fraction of sp³-hybridized carbons (Fsp3) is 0.111. The molecule has 0 unspecified atom stereocenters. The first-order valence-electron chi connectivity index (χ1n) is 7.19. The molecule has 116 valence electrons. The van der Waals surface area contributed by atoms with Crippen molar-refractivity contribution in [3.63, 3.8) is 0 Å². The standard InChI is InChI=1S/C18H16N2O2S/c1-3-11-20-17(21)15(14-10-7-12-23-14)16(18(20)22)19(2)13-8-5-4-6-9-13/h3-10,12H,1,11H2,2H3. The summed E-state index contributed by atoms with van der Waals surface area (Å²) in [6.07, 6.45) is 1.56. The van der Waals surface area contributed by atoms with Crippen LogP contribution in [0.5, 0.6) is 0 Å². The number of imide groups is 1. The zero-order valence-corrected chi connectivity index (χ0v) is 13.5. The highest BCUT2D eigenvalue weighted by atomic mass is 32.1. The van der Waals surface area contributed by atoms with Gasteiger partial charge in [0.1, 0.15) is 5.70 Å². The summed E-state index contributed by atoms with van der Waals surface area (Å²) in [5.74, 6) is -0.556. The Bertz CT molecular complexity index is 779. The molecule has 1 aliphatic rings. The van der Waals surface area contributed by atoms with E-state index >= 15 is 0 Å². The lowest BCUT2D eigenvalue weighted by molar-refractivity contribution is -0.136. The van der Waals surface area contributed by atoms with Crippen molar-refractivity contribution in [3.05, 3.63) is 71.1 Å². The predicted octanol–water partition coefficient (Wildman–Crippen LogP) is 3.15. The van der Waals surface area contributed by atoms with Gasteiger partial charge in [0.2, 0.25) is 0 Å². The van der Waals surface area contributed by atoms with E-state index in [4.69, 9.17) is 0 Å². The largest absolute Gasteiger partial charge is 0.339 e. The topological polar surface area (TPSA) is 40.6 Å². The van der Waals surface area contributed by atoms with E-state index in [1.807, 2.05) is 47.8 Å². The highest BCUT2D eigenvalue weighted by Crippen LogP contribution is 2.35. The quantitative estimate of drug-likeness (QED) is 0.627. The summed E-state index contributed by atoms with van der Waals surface area (Å²) in [5.41, 5.74) is 1.72. The third kappa shape index (κ3) is 2.59. The van der Waals surface area contributed by atoms with Crippen molar-refractivity contribution in [2.75, 3.05) is 18.5 Å². The van der Waals surface area contributed by atoms with Gasteiger partial charge in [-0.05, 0) is 23.6 Å². The molecule has 0 fully saturated rings. The maximum atomic E-state index is 12.8. The molecule has 0 N–H and O–H groups in total. The smallest absolute Gasteiger partial charge is 0.278 e. The first kappa shape index (κ1) is 15.2. The van der Waals surface area contributed by atoms with Crippen molar-refractivity contribution in [3.8, 4) is 0 Å². The zero-order chi connectivity index (χ0) is 16.4. The number of thiophene rings is 1. The minimum atomic E-state index is -0.287. The second kappa shape index (κ2) is 6.22. The van der Waals surface area contributed by atoms with Gasteiger partial charge in [0.05, 0.1) is 5.57 Å². The maximum absolute atomic E-state index is 12.8. The van der Waals surface area contributed by atoms with Gasteiger partial charge in [-0.3, -0.25) is 14.5 Å². The predicted molar refractivity (Wildman–Crippen MR) is 93.0 cm³/mol. The third-order valence-corrected chi connectivity index (χ3v) is 4.59. The van der Waals surface area contributed by atoms with Gasteiger partial charge in [-0.15, -0.1) is 17.9 Å². The Morgan fingerprint density at radius 3 is 2.48 bits per heavy atom. The number of hydrogen-bond donors (Lipinski definition) is 0. The van der Waals surface area contributed by atoms with Gasteiger partial charge < -0.3 is 4.90 Å². The Balaban J connectivity index is 2.13. The fourth-order valence-corrected chi connectivity index (χ4v) is 3.36. The van der Waals surface area contributed by atoms with Crippen LogP contribution >= 0.6 is 11.3 Å². The van der Waals surface area contributed by atoms with Crippen molar-refractivity contribution >= 4 is 34.4 Å². The van der Waals surface area contributed by atoms with E-state index < -0.39 is 0 Å². The molecule has 1 aromatic heterocycles. The van der Waals surface area contributed by atoms with Crippen molar-refractivity contribution in [1.29, 1.82) is 0 Å². The number of anilines is 1. The first-order chi connectivity index (χ1) is 11.1. The highest BCUT2D eigenvalue weighted by molar-refractivity contribution is 7.11. The minimum Gasteiger partial charge on any atom is -0.339 e. The molecule has 2 heterocycles. The third-order valence-electron chi connectivity index (χ3n) is 3.70. The average Bonchev–Trinajstić information content (AvgIpc) is 3.17.